The van der Waals surface area contributed by atoms with Gasteiger partial charge < -0.3 is 10.5 Å². The lowest BCUT2D eigenvalue weighted by atomic mass is 10.3. The zero-order valence-corrected chi connectivity index (χ0v) is 9.13. The van der Waals surface area contributed by atoms with Crippen LogP contribution in [0, 0.1) is 0 Å². The normalized spacial score (nSPS) is 10.4. The van der Waals surface area contributed by atoms with E-state index in [1.807, 2.05) is 19.2 Å². The molecule has 2 rings (SSSR count). The van der Waals surface area contributed by atoms with Gasteiger partial charge in [-0.05, 0) is 12.5 Å². The lowest BCUT2D eigenvalue weighted by Gasteiger charge is -2.01. The Morgan fingerprint density at radius 2 is 2.25 bits per heavy atom. The average molecular weight is 218 g/mol. The highest BCUT2D eigenvalue weighted by Crippen LogP contribution is 2.18. The molecular formula is C11H14N4O. The molecule has 0 saturated carbocycles. The van der Waals surface area contributed by atoms with Crippen molar-refractivity contribution in [2.24, 2.45) is 5.73 Å². The van der Waals surface area contributed by atoms with E-state index in [0.29, 0.717) is 18.2 Å². The molecule has 0 aliphatic carbocycles. The molecule has 0 radical (unpaired) electrons. The third kappa shape index (κ3) is 2.38. The molecule has 16 heavy (non-hydrogen) atoms. The minimum atomic E-state index is 0.487. The number of aryl methyl sites for hydroxylation is 1. The molecule has 2 aromatic rings. The fourth-order valence-electron chi connectivity index (χ4n) is 1.28. The van der Waals surface area contributed by atoms with Gasteiger partial charge in [-0.1, -0.05) is 6.07 Å². The van der Waals surface area contributed by atoms with Crippen LogP contribution in [0.3, 0.4) is 0 Å². The first-order valence-corrected chi connectivity index (χ1v) is 5.17. The van der Waals surface area contributed by atoms with Crippen LogP contribution in [0.15, 0.2) is 30.7 Å². The van der Waals surface area contributed by atoms with E-state index >= 15 is 0 Å². The first kappa shape index (κ1) is 10.6. The number of hydrogen-bond acceptors (Lipinski definition) is 4. The van der Waals surface area contributed by atoms with Crippen molar-refractivity contribution >= 4 is 0 Å². The van der Waals surface area contributed by atoms with Crippen LogP contribution in [0.25, 0.3) is 0 Å². The highest BCUT2D eigenvalue weighted by atomic mass is 16.5. The predicted molar refractivity (Wildman–Crippen MR) is 60.1 cm³/mol. The van der Waals surface area contributed by atoms with Gasteiger partial charge in [0.25, 0.3) is 0 Å². The molecule has 5 heteroatoms. The van der Waals surface area contributed by atoms with Crippen molar-refractivity contribution in [2.75, 3.05) is 0 Å². The van der Waals surface area contributed by atoms with Crippen LogP contribution in [0.5, 0.6) is 11.6 Å². The maximum absolute atomic E-state index is 5.53. The van der Waals surface area contributed by atoms with Crippen molar-refractivity contribution in [2.45, 2.75) is 20.0 Å². The minimum absolute atomic E-state index is 0.487. The Morgan fingerprint density at radius 3 is 2.81 bits per heavy atom. The van der Waals surface area contributed by atoms with Crippen molar-refractivity contribution in [1.82, 2.24) is 14.8 Å². The smallest absolute Gasteiger partial charge is 0.219 e. The molecular weight excluding hydrogens is 204 g/mol. The Morgan fingerprint density at radius 1 is 1.38 bits per heavy atom. The molecule has 0 fully saturated rings. The molecule has 2 aromatic heterocycles. The SMILES string of the molecule is CCn1cc(Oc2ccc(CN)cn2)cn1. The van der Waals surface area contributed by atoms with Crippen molar-refractivity contribution in [3.8, 4) is 11.6 Å². The van der Waals surface area contributed by atoms with Gasteiger partial charge in [0.15, 0.2) is 5.75 Å². The lowest BCUT2D eigenvalue weighted by Crippen LogP contribution is -1.97. The molecule has 0 spiro atoms. The van der Waals surface area contributed by atoms with Crippen molar-refractivity contribution in [1.29, 1.82) is 0 Å². The Labute approximate surface area is 93.9 Å². The second-order valence-electron chi connectivity index (χ2n) is 3.34. The zero-order valence-electron chi connectivity index (χ0n) is 9.13. The molecule has 2 N–H and O–H groups in total. The summed E-state index contributed by atoms with van der Waals surface area (Å²) in [6.45, 7) is 3.33. The van der Waals surface area contributed by atoms with E-state index in [4.69, 9.17) is 10.5 Å². The second kappa shape index (κ2) is 4.76. The van der Waals surface area contributed by atoms with Crippen LogP contribution in [0.2, 0.25) is 0 Å². The summed E-state index contributed by atoms with van der Waals surface area (Å²) in [7, 11) is 0. The number of nitrogens with zero attached hydrogens (tertiary/aromatic N) is 3. The van der Waals surface area contributed by atoms with Crippen LogP contribution >= 0.6 is 0 Å². The van der Waals surface area contributed by atoms with Gasteiger partial charge in [-0.3, -0.25) is 4.68 Å². The van der Waals surface area contributed by atoms with E-state index in [1.165, 1.54) is 0 Å². The molecule has 0 aliphatic rings. The largest absolute Gasteiger partial charge is 0.436 e. The van der Waals surface area contributed by atoms with E-state index in [1.54, 1.807) is 23.1 Å². The fraction of sp³-hybridized carbons (Fsp3) is 0.273. The number of aromatic nitrogens is 3. The van der Waals surface area contributed by atoms with Crippen LogP contribution in [0.1, 0.15) is 12.5 Å². The molecule has 5 nitrogen and oxygen atoms in total. The summed E-state index contributed by atoms with van der Waals surface area (Å²) in [5, 5.41) is 4.11. The summed E-state index contributed by atoms with van der Waals surface area (Å²) in [6.07, 6.45) is 5.21. The zero-order chi connectivity index (χ0) is 11.4. The Balaban J connectivity index is 2.08. The summed E-state index contributed by atoms with van der Waals surface area (Å²) < 4.78 is 7.32. The van der Waals surface area contributed by atoms with Crippen molar-refractivity contribution in [3.05, 3.63) is 36.3 Å². The molecule has 0 amide bonds. The molecule has 84 valence electrons. The predicted octanol–water partition coefficient (Wildman–Crippen LogP) is 1.55. The molecule has 0 unspecified atom stereocenters. The average Bonchev–Trinajstić information content (AvgIpc) is 2.78. The topological polar surface area (TPSA) is 66.0 Å². The van der Waals surface area contributed by atoms with Crippen molar-refractivity contribution < 1.29 is 4.74 Å². The van der Waals surface area contributed by atoms with Crippen LogP contribution in [-0.2, 0) is 13.1 Å². The Kier molecular flexibility index (Phi) is 3.16. The van der Waals surface area contributed by atoms with Gasteiger partial charge in [-0.15, -0.1) is 0 Å². The van der Waals surface area contributed by atoms with Crippen LogP contribution in [-0.4, -0.2) is 14.8 Å². The summed E-state index contributed by atoms with van der Waals surface area (Å²) in [4.78, 5) is 4.14. The van der Waals surface area contributed by atoms with E-state index < -0.39 is 0 Å². The summed E-state index contributed by atoms with van der Waals surface area (Å²) >= 11 is 0. The third-order valence-electron chi connectivity index (χ3n) is 2.19. The van der Waals surface area contributed by atoms with Gasteiger partial charge in [0, 0.05) is 25.4 Å². The number of pyridine rings is 1. The number of rotatable bonds is 4. The monoisotopic (exact) mass is 218 g/mol. The van der Waals surface area contributed by atoms with Gasteiger partial charge >= 0.3 is 0 Å². The molecule has 0 aliphatic heterocycles. The van der Waals surface area contributed by atoms with Gasteiger partial charge in [0.2, 0.25) is 5.88 Å². The number of hydrogen-bond donors (Lipinski definition) is 1. The van der Waals surface area contributed by atoms with Gasteiger partial charge in [-0.25, -0.2) is 4.98 Å². The summed E-state index contributed by atoms with van der Waals surface area (Å²) in [5.74, 6) is 1.24. The third-order valence-corrected chi connectivity index (χ3v) is 2.19. The summed E-state index contributed by atoms with van der Waals surface area (Å²) in [5.41, 5.74) is 6.46. The summed E-state index contributed by atoms with van der Waals surface area (Å²) in [6, 6.07) is 3.69. The first-order chi connectivity index (χ1) is 7.81. The second-order valence-corrected chi connectivity index (χ2v) is 3.34. The van der Waals surface area contributed by atoms with Gasteiger partial charge in [-0.2, -0.15) is 5.10 Å². The van der Waals surface area contributed by atoms with Gasteiger partial charge in [0.05, 0.1) is 12.4 Å². The van der Waals surface area contributed by atoms with E-state index in [0.717, 1.165) is 12.1 Å². The standard InChI is InChI=1S/C11H14N4O/c1-2-15-8-10(7-14-15)16-11-4-3-9(5-12)6-13-11/h3-4,6-8H,2,5,12H2,1H3. The molecule has 0 aromatic carbocycles. The molecule has 0 bridgehead atoms. The Bertz CT molecular complexity index is 449. The molecule has 0 atom stereocenters. The fourth-order valence-corrected chi connectivity index (χ4v) is 1.28. The number of ether oxygens (including phenoxy) is 1. The van der Waals surface area contributed by atoms with Crippen LogP contribution in [0.4, 0.5) is 0 Å². The minimum Gasteiger partial charge on any atom is -0.436 e. The Hall–Kier alpha value is -1.88. The van der Waals surface area contributed by atoms with E-state index in [2.05, 4.69) is 10.1 Å². The maximum Gasteiger partial charge on any atom is 0.219 e. The van der Waals surface area contributed by atoms with Crippen LogP contribution < -0.4 is 10.5 Å². The highest BCUT2D eigenvalue weighted by molar-refractivity contribution is 5.23. The molecule has 0 saturated heterocycles. The van der Waals surface area contributed by atoms with Gasteiger partial charge in [0.1, 0.15) is 0 Å². The quantitative estimate of drug-likeness (QED) is 0.845. The lowest BCUT2D eigenvalue weighted by molar-refractivity contribution is 0.461. The first-order valence-electron chi connectivity index (χ1n) is 5.17. The van der Waals surface area contributed by atoms with Crippen molar-refractivity contribution in [3.63, 3.8) is 0 Å². The highest BCUT2D eigenvalue weighted by Gasteiger charge is 2.01. The maximum atomic E-state index is 5.53. The number of nitrogens with two attached hydrogens (primary N) is 1. The van der Waals surface area contributed by atoms with E-state index in [-0.39, 0.29) is 0 Å². The van der Waals surface area contributed by atoms with E-state index in [9.17, 15) is 0 Å². The molecule has 2 heterocycles.